The van der Waals surface area contributed by atoms with Crippen molar-refractivity contribution in [1.82, 2.24) is 15.1 Å². The summed E-state index contributed by atoms with van der Waals surface area (Å²) in [6, 6.07) is 4.96. The number of carbonyl (C=O) groups is 3. The number of benzene rings is 1. The summed E-state index contributed by atoms with van der Waals surface area (Å²) in [5, 5.41) is 3.11. The maximum atomic E-state index is 12.4. The second-order valence-corrected chi connectivity index (χ2v) is 6.85. The Hall–Kier alpha value is -1.73. The zero-order valence-corrected chi connectivity index (χ0v) is 14.4. The molecule has 3 amide bonds. The van der Waals surface area contributed by atoms with Crippen molar-refractivity contribution in [2.24, 2.45) is 5.92 Å². The molecule has 1 saturated heterocycles. The lowest BCUT2D eigenvalue weighted by Crippen LogP contribution is -2.42. The molecule has 2 aliphatic heterocycles. The van der Waals surface area contributed by atoms with Gasteiger partial charge in [0, 0.05) is 17.6 Å². The Labute approximate surface area is 142 Å². The number of fused-ring (bicyclic) bond motifs is 1. The minimum atomic E-state index is -0.398. The zero-order valence-electron chi connectivity index (χ0n) is 12.8. The summed E-state index contributed by atoms with van der Waals surface area (Å²) in [4.78, 5) is 39.9. The third kappa shape index (κ3) is 3.03. The second kappa shape index (κ2) is 6.41. The van der Waals surface area contributed by atoms with Gasteiger partial charge in [0.25, 0.3) is 11.8 Å². The molecule has 2 heterocycles. The van der Waals surface area contributed by atoms with Crippen LogP contribution in [0, 0.1) is 5.92 Å². The Kier molecular flexibility index (Phi) is 4.50. The van der Waals surface area contributed by atoms with E-state index in [1.807, 2.05) is 7.05 Å². The van der Waals surface area contributed by atoms with Gasteiger partial charge in [-0.25, -0.2) is 0 Å². The normalized spacial score (nSPS) is 20.3. The van der Waals surface area contributed by atoms with Crippen molar-refractivity contribution < 1.29 is 14.4 Å². The van der Waals surface area contributed by atoms with Crippen LogP contribution in [0.2, 0.25) is 0 Å². The van der Waals surface area contributed by atoms with Crippen molar-refractivity contribution >= 4 is 33.7 Å². The van der Waals surface area contributed by atoms with E-state index >= 15 is 0 Å². The summed E-state index contributed by atoms with van der Waals surface area (Å²) in [6.07, 6.45) is 0.946. The van der Waals surface area contributed by atoms with Gasteiger partial charge in [-0.2, -0.15) is 0 Å². The highest BCUT2D eigenvalue weighted by Crippen LogP contribution is 2.26. The number of nitrogens with zero attached hydrogens (tertiary/aromatic N) is 2. The van der Waals surface area contributed by atoms with Gasteiger partial charge in [-0.15, -0.1) is 0 Å². The minimum Gasteiger partial charge on any atom is -0.341 e. The van der Waals surface area contributed by atoms with Crippen LogP contribution < -0.4 is 5.32 Å². The van der Waals surface area contributed by atoms with Crippen molar-refractivity contribution in [3.8, 4) is 0 Å². The number of carbonyl (C=O) groups excluding carboxylic acids is 3. The molecule has 7 heteroatoms. The number of likely N-dealkylation sites (tertiary alicyclic amines) is 1. The molecule has 0 bridgehead atoms. The monoisotopic (exact) mass is 379 g/mol. The van der Waals surface area contributed by atoms with E-state index in [1.54, 1.807) is 23.1 Å². The van der Waals surface area contributed by atoms with Crippen molar-refractivity contribution in [1.29, 1.82) is 0 Å². The van der Waals surface area contributed by atoms with Crippen molar-refractivity contribution in [3.63, 3.8) is 0 Å². The predicted molar refractivity (Wildman–Crippen MR) is 88.1 cm³/mol. The van der Waals surface area contributed by atoms with E-state index in [9.17, 15) is 14.4 Å². The molecule has 122 valence electrons. The third-order valence-electron chi connectivity index (χ3n) is 4.36. The molecular formula is C16H18BrN3O3. The van der Waals surface area contributed by atoms with Crippen molar-refractivity contribution in [2.45, 2.75) is 6.42 Å². The Bertz CT molecular complexity index is 677. The highest BCUT2D eigenvalue weighted by Gasteiger charge is 2.38. The molecule has 3 rings (SSSR count). The molecule has 0 spiro atoms. The first-order chi connectivity index (χ1) is 11.0. The molecule has 1 aromatic carbocycles. The van der Waals surface area contributed by atoms with Crippen LogP contribution in [0.25, 0.3) is 0 Å². The van der Waals surface area contributed by atoms with Crippen molar-refractivity contribution in [2.75, 3.05) is 33.2 Å². The average molecular weight is 380 g/mol. The molecule has 2 aliphatic rings. The van der Waals surface area contributed by atoms with Crippen LogP contribution in [0.3, 0.4) is 0 Å². The van der Waals surface area contributed by atoms with Gasteiger partial charge in [-0.1, -0.05) is 15.9 Å². The SMILES string of the molecule is CNCC1CCN(C(=O)CN2C(=O)c3ccc(Br)cc3C2=O)C1. The Morgan fingerprint density at radius 1 is 1.30 bits per heavy atom. The molecule has 1 atom stereocenters. The van der Waals surface area contributed by atoms with Crippen LogP contribution in [0.5, 0.6) is 0 Å². The average Bonchev–Trinajstić information content (AvgIpc) is 3.07. The van der Waals surface area contributed by atoms with Gasteiger partial charge in [0.2, 0.25) is 5.91 Å². The van der Waals surface area contributed by atoms with Gasteiger partial charge >= 0.3 is 0 Å². The topological polar surface area (TPSA) is 69.7 Å². The fourth-order valence-electron chi connectivity index (χ4n) is 3.16. The fraction of sp³-hybridized carbons (Fsp3) is 0.438. The van der Waals surface area contributed by atoms with E-state index in [0.717, 1.165) is 22.3 Å². The number of hydrogen-bond acceptors (Lipinski definition) is 4. The van der Waals surface area contributed by atoms with Crippen LogP contribution in [-0.2, 0) is 4.79 Å². The summed E-state index contributed by atoms with van der Waals surface area (Å²) in [5.41, 5.74) is 0.715. The number of halogens is 1. The first-order valence-electron chi connectivity index (χ1n) is 7.59. The first kappa shape index (κ1) is 16.1. The standard InChI is InChI=1S/C16H18BrN3O3/c1-18-7-10-4-5-19(8-10)14(21)9-20-15(22)12-3-2-11(17)6-13(12)16(20)23/h2-3,6,10,18H,4-5,7-9H2,1H3. The third-order valence-corrected chi connectivity index (χ3v) is 4.85. The molecule has 23 heavy (non-hydrogen) atoms. The molecular weight excluding hydrogens is 362 g/mol. The number of hydrogen-bond donors (Lipinski definition) is 1. The summed E-state index contributed by atoms with van der Waals surface area (Å²) >= 11 is 3.30. The van der Waals surface area contributed by atoms with E-state index in [0.29, 0.717) is 30.1 Å². The number of rotatable bonds is 4. The lowest BCUT2D eigenvalue weighted by molar-refractivity contribution is -0.130. The van der Waals surface area contributed by atoms with E-state index in [2.05, 4.69) is 21.2 Å². The molecule has 0 aliphatic carbocycles. The number of nitrogens with one attached hydrogen (secondary N) is 1. The van der Waals surface area contributed by atoms with Gasteiger partial charge in [-0.3, -0.25) is 19.3 Å². The zero-order chi connectivity index (χ0) is 16.6. The maximum Gasteiger partial charge on any atom is 0.262 e. The lowest BCUT2D eigenvalue weighted by atomic mass is 10.1. The van der Waals surface area contributed by atoms with Crippen LogP contribution >= 0.6 is 15.9 Å². The smallest absolute Gasteiger partial charge is 0.262 e. The largest absolute Gasteiger partial charge is 0.341 e. The second-order valence-electron chi connectivity index (χ2n) is 5.94. The van der Waals surface area contributed by atoms with Gasteiger partial charge < -0.3 is 10.2 Å². The molecule has 0 saturated carbocycles. The highest BCUT2D eigenvalue weighted by atomic mass is 79.9. The highest BCUT2D eigenvalue weighted by molar-refractivity contribution is 9.10. The van der Waals surface area contributed by atoms with Crippen LogP contribution in [0.4, 0.5) is 0 Å². The summed E-state index contributed by atoms with van der Waals surface area (Å²) in [7, 11) is 1.89. The predicted octanol–water partition coefficient (Wildman–Crippen LogP) is 1.11. The van der Waals surface area contributed by atoms with Crippen LogP contribution in [0.1, 0.15) is 27.1 Å². The summed E-state index contributed by atoms with van der Waals surface area (Å²) in [6.45, 7) is 2.04. The van der Waals surface area contributed by atoms with Gasteiger partial charge in [0.05, 0.1) is 11.1 Å². The van der Waals surface area contributed by atoms with E-state index in [1.165, 1.54) is 0 Å². The van der Waals surface area contributed by atoms with Crippen LogP contribution in [0.15, 0.2) is 22.7 Å². The molecule has 0 aromatic heterocycles. The summed E-state index contributed by atoms with van der Waals surface area (Å²) < 4.78 is 0.736. The van der Waals surface area contributed by atoms with E-state index in [4.69, 9.17) is 0 Å². The Morgan fingerprint density at radius 3 is 2.78 bits per heavy atom. The molecule has 1 N–H and O–H groups in total. The lowest BCUT2D eigenvalue weighted by Gasteiger charge is -2.20. The van der Waals surface area contributed by atoms with Gasteiger partial charge in [-0.05, 0) is 44.1 Å². The molecule has 1 unspecified atom stereocenters. The summed E-state index contributed by atoms with van der Waals surface area (Å²) in [5.74, 6) is -0.526. The Balaban J connectivity index is 1.69. The van der Waals surface area contributed by atoms with Crippen molar-refractivity contribution in [3.05, 3.63) is 33.8 Å². The number of amides is 3. The molecule has 6 nitrogen and oxygen atoms in total. The quantitative estimate of drug-likeness (QED) is 0.795. The van der Waals surface area contributed by atoms with Gasteiger partial charge in [0.1, 0.15) is 6.54 Å². The van der Waals surface area contributed by atoms with E-state index in [-0.39, 0.29) is 12.5 Å². The van der Waals surface area contributed by atoms with Crippen LogP contribution in [-0.4, -0.2) is 60.7 Å². The van der Waals surface area contributed by atoms with Gasteiger partial charge in [0.15, 0.2) is 0 Å². The minimum absolute atomic E-state index is 0.169. The molecule has 0 radical (unpaired) electrons. The Morgan fingerprint density at radius 2 is 2.04 bits per heavy atom. The fourth-order valence-corrected chi connectivity index (χ4v) is 3.52. The number of imide groups is 1. The first-order valence-corrected chi connectivity index (χ1v) is 8.38. The van der Waals surface area contributed by atoms with E-state index < -0.39 is 11.8 Å². The molecule has 1 fully saturated rings. The maximum absolute atomic E-state index is 12.4. The molecule has 1 aromatic rings.